The molecule has 0 radical (unpaired) electrons. The van der Waals surface area contributed by atoms with Crippen LogP contribution in [0, 0.1) is 17.2 Å². The maximum Gasteiger partial charge on any atom is 0.125 e. The summed E-state index contributed by atoms with van der Waals surface area (Å²) < 4.78 is 8.18. The second-order valence-electron chi connectivity index (χ2n) is 5.88. The lowest BCUT2D eigenvalue weighted by molar-refractivity contribution is 0.0754. The average molecular weight is 302 g/mol. The zero-order chi connectivity index (χ0) is 14.4. The van der Waals surface area contributed by atoms with Crippen molar-refractivity contribution in [1.29, 1.82) is 5.26 Å². The highest BCUT2D eigenvalue weighted by atomic mass is 35.5. The van der Waals surface area contributed by atoms with Gasteiger partial charge in [0.1, 0.15) is 5.82 Å². The van der Waals surface area contributed by atoms with Gasteiger partial charge < -0.3 is 9.30 Å². The smallest absolute Gasteiger partial charge is 0.125 e. The highest BCUT2D eigenvalue weighted by molar-refractivity contribution is 6.16. The van der Waals surface area contributed by atoms with Crippen LogP contribution >= 0.6 is 11.6 Å². The number of nitrogens with zero attached hydrogens (tertiary/aromatic N) is 3. The molecule has 0 spiro atoms. The lowest BCUT2D eigenvalue weighted by atomic mass is 10.1. The number of alkyl halides is 1. The van der Waals surface area contributed by atoms with E-state index in [0.717, 1.165) is 29.9 Å². The number of imidazole rings is 1. The van der Waals surface area contributed by atoms with E-state index in [2.05, 4.69) is 15.6 Å². The maximum atomic E-state index is 9.14. The maximum absolute atomic E-state index is 9.14. The van der Waals surface area contributed by atoms with E-state index >= 15 is 0 Å². The summed E-state index contributed by atoms with van der Waals surface area (Å²) in [6.45, 7) is 0.797. The molecule has 1 saturated carbocycles. The Labute approximate surface area is 128 Å². The number of halogens is 1. The van der Waals surface area contributed by atoms with Gasteiger partial charge in [0.25, 0.3) is 0 Å². The van der Waals surface area contributed by atoms with Crippen molar-refractivity contribution in [2.24, 2.45) is 5.92 Å². The number of aromatic nitrogens is 2. The van der Waals surface area contributed by atoms with E-state index in [-0.39, 0.29) is 6.10 Å². The number of rotatable bonds is 3. The molecule has 0 amide bonds. The van der Waals surface area contributed by atoms with Gasteiger partial charge in [-0.15, -0.1) is 11.6 Å². The molecular formula is C16H16ClN3O. The first-order chi connectivity index (χ1) is 10.3. The highest BCUT2D eigenvalue weighted by Crippen LogP contribution is 2.44. The van der Waals surface area contributed by atoms with E-state index in [1.165, 1.54) is 12.8 Å². The summed E-state index contributed by atoms with van der Waals surface area (Å²) in [4.78, 5) is 4.63. The minimum atomic E-state index is 0.273. The Kier molecular flexibility index (Phi) is 3.13. The molecule has 108 valence electrons. The van der Waals surface area contributed by atoms with E-state index in [4.69, 9.17) is 21.6 Å². The van der Waals surface area contributed by atoms with Crippen LogP contribution in [-0.2, 0) is 10.6 Å². The van der Waals surface area contributed by atoms with Crippen LogP contribution < -0.4 is 0 Å². The second-order valence-corrected chi connectivity index (χ2v) is 6.14. The molecule has 4 rings (SSSR count). The van der Waals surface area contributed by atoms with Crippen molar-refractivity contribution in [2.45, 2.75) is 37.3 Å². The number of benzene rings is 1. The van der Waals surface area contributed by atoms with Crippen molar-refractivity contribution in [2.75, 3.05) is 6.61 Å². The summed E-state index contributed by atoms with van der Waals surface area (Å²) in [5.41, 5.74) is 2.57. The molecule has 2 heterocycles. The molecule has 0 bridgehead atoms. The number of fused-ring (bicyclic) bond motifs is 1. The first kappa shape index (κ1) is 13.1. The van der Waals surface area contributed by atoms with Crippen LogP contribution in [0.3, 0.4) is 0 Å². The van der Waals surface area contributed by atoms with Gasteiger partial charge in [-0.2, -0.15) is 5.26 Å². The van der Waals surface area contributed by atoms with Crippen molar-refractivity contribution in [3.05, 3.63) is 29.6 Å². The van der Waals surface area contributed by atoms with E-state index in [9.17, 15) is 0 Å². The SMILES string of the molecule is N#Cc1ccc2nc(CCl)n(C3CCOC3C3CC3)c2c1. The zero-order valence-electron chi connectivity index (χ0n) is 11.6. The molecule has 2 fully saturated rings. The van der Waals surface area contributed by atoms with Gasteiger partial charge in [0.2, 0.25) is 0 Å². The Hall–Kier alpha value is -1.57. The van der Waals surface area contributed by atoms with Gasteiger partial charge in [-0.05, 0) is 43.4 Å². The fourth-order valence-corrected chi connectivity index (χ4v) is 3.62. The molecule has 4 nitrogen and oxygen atoms in total. The van der Waals surface area contributed by atoms with Crippen LogP contribution in [0.25, 0.3) is 11.0 Å². The van der Waals surface area contributed by atoms with Crippen LogP contribution in [0.2, 0.25) is 0 Å². The third-order valence-electron chi connectivity index (χ3n) is 4.53. The number of hydrogen-bond acceptors (Lipinski definition) is 3. The van der Waals surface area contributed by atoms with Crippen LogP contribution in [0.1, 0.15) is 36.7 Å². The molecule has 2 aromatic rings. The van der Waals surface area contributed by atoms with Gasteiger partial charge in [-0.3, -0.25) is 0 Å². The minimum Gasteiger partial charge on any atom is -0.376 e. The Bertz CT molecular complexity index is 729. The number of hydrogen-bond donors (Lipinski definition) is 0. The average Bonchev–Trinajstić information content (AvgIpc) is 3.13. The molecule has 1 aromatic carbocycles. The van der Waals surface area contributed by atoms with Gasteiger partial charge in [-0.25, -0.2) is 4.98 Å². The fourth-order valence-electron chi connectivity index (χ4n) is 3.43. The molecule has 1 aromatic heterocycles. The van der Waals surface area contributed by atoms with Crippen molar-refractivity contribution in [3.63, 3.8) is 0 Å². The largest absolute Gasteiger partial charge is 0.376 e. The van der Waals surface area contributed by atoms with Gasteiger partial charge in [-0.1, -0.05) is 0 Å². The summed E-state index contributed by atoms with van der Waals surface area (Å²) >= 11 is 6.11. The van der Waals surface area contributed by atoms with E-state index in [0.29, 0.717) is 23.4 Å². The quantitative estimate of drug-likeness (QED) is 0.817. The molecule has 2 atom stereocenters. The molecular weight excluding hydrogens is 286 g/mol. The Balaban J connectivity index is 1.87. The van der Waals surface area contributed by atoms with Crippen LogP contribution in [0.4, 0.5) is 0 Å². The Morgan fingerprint density at radius 2 is 2.24 bits per heavy atom. The molecule has 0 N–H and O–H groups in total. The van der Waals surface area contributed by atoms with Gasteiger partial charge in [0, 0.05) is 6.61 Å². The minimum absolute atomic E-state index is 0.273. The van der Waals surface area contributed by atoms with Crippen molar-refractivity contribution < 1.29 is 4.74 Å². The lowest BCUT2D eigenvalue weighted by Crippen LogP contribution is -2.23. The third-order valence-corrected chi connectivity index (χ3v) is 4.77. The second kappa shape index (κ2) is 5.01. The zero-order valence-corrected chi connectivity index (χ0v) is 12.4. The fraction of sp³-hybridized carbons (Fsp3) is 0.500. The molecule has 5 heteroatoms. The molecule has 1 aliphatic heterocycles. The van der Waals surface area contributed by atoms with Crippen LogP contribution in [0.5, 0.6) is 0 Å². The van der Waals surface area contributed by atoms with Crippen molar-refractivity contribution >= 4 is 22.6 Å². The Morgan fingerprint density at radius 1 is 1.38 bits per heavy atom. The first-order valence-electron chi connectivity index (χ1n) is 7.40. The monoisotopic (exact) mass is 301 g/mol. The lowest BCUT2D eigenvalue weighted by Gasteiger charge is -2.22. The normalized spacial score (nSPS) is 25.3. The first-order valence-corrected chi connectivity index (χ1v) is 7.94. The summed E-state index contributed by atoms with van der Waals surface area (Å²) in [5.74, 6) is 1.94. The molecule has 1 aliphatic carbocycles. The van der Waals surface area contributed by atoms with Crippen LogP contribution in [0.15, 0.2) is 18.2 Å². The standard InChI is InChI=1S/C16H16ClN3O/c17-8-15-19-12-4-1-10(9-18)7-14(12)20(15)13-5-6-21-16(13)11-2-3-11/h1,4,7,11,13,16H,2-3,5-6,8H2. The summed E-state index contributed by atoms with van der Waals surface area (Å²) in [7, 11) is 0. The van der Waals surface area contributed by atoms with Gasteiger partial charge in [0.05, 0.1) is 40.7 Å². The molecule has 1 saturated heterocycles. The van der Waals surface area contributed by atoms with Crippen molar-refractivity contribution in [1.82, 2.24) is 9.55 Å². The highest BCUT2D eigenvalue weighted by Gasteiger charge is 2.42. The summed E-state index contributed by atoms with van der Waals surface area (Å²) in [5, 5.41) is 9.14. The topological polar surface area (TPSA) is 50.8 Å². The molecule has 21 heavy (non-hydrogen) atoms. The predicted octanol–water partition coefficient (Wildman–Crippen LogP) is 3.39. The van der Waals surface area contributed by atoms with Crippen LogP contribution in [-0.4, -0.2) is 22.3 Å². The van der Waals surface area contributed by atoms with E-state index < -0.39 is 0 Å². The van der Waals surface area contributed by atoms with Crippen molar-refractivity contribution in [3.8, 4) is 6.07 Å². The molecule has 2 unspecified atom stereocenters. The third kappa shape index (κ3) is 2.12. The molecule has 2 aliphatic rings. The number of nitriles is 1. The summed E-state index contributed by atoms with van der Waals surface area (Å²) in [6.07, 6.45) is 3.78. The number of ether oxygens (including phenoxy) is 1. The van der Waals surface area contributed by atoms with E-state index in [1.807, 2.05) is 12.1 Å². The van der Waals surface area contributed by atoms with Gasteiger partial charge >= 0.3 is 0 Å². The summed E-state index contributed by atoms with van der Waals surface area (Å²) in [6, 6.07) is 8.13. The van der Waals surface area contributed by atoms with Gasteiger partial charge in [0.15, 0.2) is 0 Å². The predicted molar refractivity (Wildman–Crippen MR) is 80.1 cm³/mol. The Morgan fingerprint density at radius 3 is 2.95 bits per heavy atom. The van der Waals surface area contributed by atoms with E-state index in [1.54, 1.807) is 6.07 Å².